The highest BCUT2D eigenvalue weighted by Gasteiger charge is 2.19. The summed E-state index contributed by atoms with van der Waals surface area (Å²) < 4.78 is 14.3. The molecule has 0 radical (unpaired) electrons. The van der Waals surface area contributed by atoms with Gasteiger partial charge in [0.25, 0.3) is 11.5 Å². The fourth-order valence-corrected chi connectivity index (χ4v) is 6.76. The second-order valence-corrected chi connectivity index (χ2v) is 12.6. The van der Waals surface area contributed by atoms with Crippen molar-refractivity contribution in [1.82, 2.24) is 19.4 Å². The second kappa shape index (κ2) is 15.2. The van der Waals surface area contributed by atoms with Crippen molar-refractivity contribution >= 4 is 58.1 Å². The first-order chi connectivity index (χ1) is 22.6. The molecule has 1 fully saturated rings. The summed E-state index contributed by atoms with van der Waals surface area (Å²) in [5, 5.41) is 13.5. The molecule has 0 bridgehead atoms. The number of hydrogen-bond donors (Lipinski definition) is 1. The summed E-state index contributed by atoms with van der Waals surface area (Å²) in [5.41, 5.74) is 3.59. The molecule has 10 nitrogen and oxygen atoms in total. The highest BCUT2D eigenvalue weighted by Crippen LogP contribution is 2.24. The number of amides is 1. The van der Waals surface area contributed by atoms with Gasteiger partial charge >= 0.3 is 5.97 Å². The van der Waals surface area contributed by atoms with Gasteiger partial charge in [0.05, 0.1) is 45.6 Å². The van der Waals surface area contributed by atoms with Crippen LogP contribution in [0.2, 0.25) is 10.0 Å². The minimum absolute atomic E-state index is 0.175. The molecule has 1 aliphatic rings. The Balaban J connectivity index is 1.58. The van der Waals surface area contributed by atoms with Crippen molar-refractivity contribution in [2.75, 3.05) is 46.0 Å². The Labute approximate surface area is 285 Å². The number of aromatic nitrogens is 2. The summed E-state index contributed by atoms with van der Waals surface area (Å²) in [5.74, 6) is -0.966. The third kappa shape index (κ3) is 7.53. The van der Waals surface area contributed by atoms with E-state index in [-0.39, 0.29) is 21.2 Å². The third-order valence-corrected chi connectivity index (χ3v) is 9.58. The average Bonchev–Trinajstić information content (AvgIpc) is 3.53. The highest BCUT2D eigenvalue weighted by molar-refractivity contribution is 7.07. The largest absolute Gasteiger partial charge is 0.462 e. The first kappa shape index (κ1) is 34.2. The quantitative estimate of drug-likeness (QED) is 0.266. The van der Waals surface area contributed by atoms with Gasteiger partial charge in [-0.25, -0.2) is 4.79 Å². The van der Waals surface area contributed by atoms with Gasteiger partial charge < -0.3 is 19.4 Å². The molecule has 0 atom stereocenters. The number of hydrogen-bond acceptors (Lipinski definition) is 8. The summed E-state index contributed by atoms with van der Waals surface area (Å²) in [7, 11) is 0. The Morgan fingerprint density at radius 1 is 1.04 bits per heavy atom. The molecular weight excluding hydrogens is 661 g/mol. The lowest BCUT2D eigenvalue weighted by molar-refractivity contribution is -0.115. The van der Waals surface area contributed by atoms with Gasteiger partial charge in [0, 0.05) is 43.3 Å². The molecule has 47 heavy (non-hydrogen) atoms. The van der Waals surface area contributed by atoms with E-state index in [4.69, 9.17) is 32.7 Å². The van der Waals surface area contributed by atoms with Crippen LogP contribution in [0.3, 0.4) is 0 Å². The molecule has 1 N–H and O–H groups in total. The molecule has 2 aromatic heterocycles. The van der Waals surface area contributed by atoms with Gasteiger partial charge in [-0.1, -0.05) is 23.2 Å². The second-order valence-electron chi connectivity index (χ2n) is 10.8. The maximum absolute atomic E-state index is 14.0. The van der Waals surface area contributed by atoms with Crippen molar-refractivity contribution < 1.29 is 19.1 Å². The Bertz CT molecular complexity index is 2040. The van der Waals surface area contributed by atoms with E-state index in [1.54, 1.807) is 37.3 Å². The van der Waals surface area contributed by atoms with Crippen molar-refractivity contribution in [3.05, 3.63) is 101 Å². The van der Waals surface area contributed by atoms with Gasteiger partial charge in [0.15, 0.2) is 5.57 Å². The topological polar surface area (TPSA) is 119 Å². The number of carbonyl (C=O) groups excluding carboxylic acids is 2. The molecule has 2 aromatic carbocycles. The van der Waals surface area contributed by atoms with Crippen LogP contribution < -0.4 is 20.1 Å². The van der Waals surface area contributed by atoms with Crippen LogP contribution in [-0.2, 0) is 14.3 Å². The predicted molar refractivity (Wildman–Crippen MR) is 183 cm³/mol. The van der Waals surface area contributed by atoms with E-state index in [1.807, 2.05) is 42.7 Å². The molecule has 0 saturated carbocycles. The number of thiazole rings is 1. The summed E-state index contributed by atoms with van der Waals surface area (Å²) in [4.78, 5) is 41.7. The SMILES string of the molecule is CCOC(=O)c1ccc(-n2c(C)cc(/C=c3\s/c(=C(/C#N)C(=O)NCCN4CCOCC4)n(-c4ccc(Cl)c(Cl)c4)c3=O)c2C)cc1. The number of morpholine rings is 1. The van der Waals surface area contributed by atoms with Crippen LogP contribution in [0.25, 0.3) is 23.0 Å². The molecule has 0 spiro atoms. The number of rotatable bonds is 9. The number of ether oxygens (including phenoxy) is 2. The lowest BCUT2D eigenvalue weighted by Gasteiger charge is -2.26. The van der Waals surface area contributed by atoms with Crippen molar-refractivity contribution in [3.8, 4) is 17.4 Å². The van der Waals surface area contributed by atoms with Crippen LogP contribution in [0.15, 0.2) is 53.3 Å². The number of nitrogens with one attached hydrogen (secondary N) is 1. The molecular formula is C34H33Cl2N5O5S. The normalized spacial score (nSPS) is 14.5. The maximum Gasteiger partial charge on any atom is 0.338 e. The van der Waals surface area contributed by atoms with Crippen LogP contribution in [0, 0.1) is 25.2 Å². The molecule has 1 amide bonds. The summed E-state index contributed by atoms with van der Waals surface area (Å²) in [6.45, 7) is 9.68. The van der Waals surface area contributed by atoms with Gasteiger partial charge in [-0.3, -0.25) is 19.1 Å². The van der Waals surface area contributed by atoms with Gasteiger partial charge in [-0.2, -0.15) is 5.26 Å². The minimum Gasteiger partial charge on any atom is -0.462 e. The summed E-state index contributed by atoms with van der Waals surface area (Å²) in [6, 6.07) is 15.8. The third-order valence-electron chi connectivity index (χ3n) is 7.75. The zero-order chi connectivity index (χ0) is 33.7. The Hall–Kier alpha value is -4.18. The monoisotopic (exact) mass is 693 g/mol. The van der Waals surface area contributed by atoms with Crippen LogP contribution in [0.4, 0.5) is 0 Å². The molecule has 0 aliphatic carbocycles. The first-order valence-electron chi connectivity index (χ1n) is 15.0. The van der Waals surface area contributed by atoms with Gasteiger partial charge in [-0.05, 0) is 80.9 Å². The fraction of sp³-hybridized carbons (Fsp3) is 0.294. The molecule has 5 rings (SSSR count). The zero-order valence-electron chi connectivity index (χ0n) is 26.1. The standard InChI is InChI=1S/C34H33Cl2N5O5S/c1-4-46-34(44)23-5-7-25(8-6-23)40-21(2)17-24(22(40)3)18-30-32(43)41(26-9-10-28(35)29(36)19-26)33(47-30)27(20-37)31(42)38-11-12-39-13-15-45-16-14-39/h5-10,17-19H,4,11-16H2,1-3H3,(H,38,42)/b30-18-,33-27-. The fourth-order valence-electron chi connectivity index (χ4n) is 5.38. The molecule has 3 heterocycles. The van der Waals surface area contributed by atoms with Gasteiger partial charge in [0.1, 0.15) is 10.7 Å². The number of nitriles is 1. The lowest BCUT2D eigenvalue weighted by atomic mass is 10.2. The Kier molecular flexibility index (Phi) is 11.0. The number of nitrogens with zero attached hydrogens (tertiary/aromatic N) is 4. The molecule has 13 heteroatoms. The summed E-state index contributed by atoms with van der Waals surface area (Å²) >= 11 is 13.5. The van der Waals surface area contributed by atoms with E-state index >= 15 is 0 Å². The molecule has 4 aromatic rings. The predicted octanol–water partition coefficient (Wildman–Crippen LogP) is 3.74. The van der Waals surface area contributed by atoms with E-state index in [2.05, 4.69) is 10.2 Å². The number of benzene rings is 2. The molecule has 0 unspecified atom stereocenters. The van der Waals surface area contributed by atoms with Crippen LogP contribution in [0.5, 0.6) is 0 Å². The average molecular weight is 695 g/mol. The maximum atomic E-state index is 14.0. The van der Waals surface area contributed by atoms with Gasteiger partial charge in [-0.15, -0.1) is 11.3 Å². The number of halogens is 2. The van der Waals surface area contributed by atoms with E-state index in [1.165, 1.54) is 10.6 Å². The molecule has 244 valence electrons. The summed E-state index contributed by atoms with van der Waals surface area (Å²) in [6.07, 6.45) is 1.75. The Morgan fingerprint density at radius 2 is 1.74 bits per heavy atom. The van der Waals surface area contributed by atoms with E-state index < -0.39 is 11.5 Å². The van der Waals surface area contributed by atoms with Crippen molar-refractivity contribution in [1.29, 1.82) is 5.26 Å². The smallest absolute Gasteiger partial charge is 0.338 e. The minimum atomic E-state index is -0.577. The first-order valence-corrected chi connectivity index (χ1v) is 16.6. The van der Waals surface area contributed by atoms with Crippen LogP contribution >= 0.6 is 34.5 Å². The van der Waals surface area contributed by atoms with E-state index in [0.717, 1.165) is 47.1 Å². The number of esters is 1. The highest BCUT2D eigenvalue weighted by atomic mass is 35.5. The van der Waals surface area contributed by atoms with E-state index in [0.29, 0.717) is 53.7 Å². The van der Waals surface area contributed by atoms with Crippen LogP contribution in [-0.4, -0.2) is 71.9 Å². The van der Waals surface area contributed by atoms with Gasteiger partial charge in [0.2, 0.25) is 0 Å². The number of carbonyl (C=O) groups is 2. The Morgan fingerprint density at radius 3 is 2.40 bits per heavy atom. The van der Waals surface area contributed by atoms with E-state index in [9.17, 15) is 19.6 Å². The zero-order valence-corrected chi connectivity index (χ0v) is 28.5. The van der Waals surface area contributed by atoms with Crippen molar-refractivity contribution in [2.24, 2.45) is 0 Å². The van der Waals surface area contributed by atoms with Crippen molar-refractivity contribution in [3.63, 3.8) is 0 Å². The molecule has 1 saturated heterocycles. The van der Waals surface area contributed by atoms with Crippen molar-refractivity contribution in [2.45, 2.75) is 20.8 Å². The lowest BCUT2D eigenvalue weighted by Crippen LogP contribution is -2.42. The van der Waals surface area contributed by atoms with Crippen LogP contribution in [0.1, 0.15) is 34.2 Å². The number of aryl methyl sites for hydroxylation is 1. The molecule has 1 aliphatic heterocycles.